The van der Waals surface area contributed by atoms with Crippen LogP contribution in [0, 0.1) is 28.6 Å². The molecule has 0 amide bonds. The van der Waals surface area contributed by atoms with Gasteiger partial charge in [-0.15, -0.1) is 0 Å². The van der Waals surface area contributed by atoms with E-state index in [2.05, 4.69) is 27.7 Å². The van der Waals surface area contributed by atoms with Crippen LogP contribution in [-0.4, -0.2) is 6.29 Å². The Kier molecular flexibility index (Phi) is 2.48. The highest BCUT2D eigenvalue weighted by atomic mass is 16.1. The van der Waals surface area contributed by atoms with Gasteiger partial charge in [0.05, 0.1) is 0 Å². The molecule has 0 radical (unpaired) electrons. The van der Waals surface area contributed by atoms with Gasteiger partial charge in [-0.2, -0.15) is 0 Å². The first-order valence-electron chi connectivity index (χ1n) is 6.41. The van der Waals surface area contributed by atoms with Crippen molar-refractivity contribution in [3.8, 4) is 0 Å². The van der Waals surface area contributed by atoms with Crippen molar-refractivity contribution >= 4 is 6.29 Å². The van der Waals surface area contributed by atoms with Crippen molar-refractivity contribution < 1.29 is 4.79 Å². The molecule has 1 heteroatoms. The lowest BCUT2D eigenvalue weighted by Gasteiger charge is -2.52. The standard InChI is InChI=1S/C14H24O/c1-10-5-7-13(3,9-15)14(4)8-6-11(2)12(10)14/h9-12H,5-8H2,1-4H3/t10-,11-,12+,13+,14-/m1/s1. The second kappa shape index (κ2) is 3.33. The molecular weight excluding hydrogens is 184 g/mol. The first-order valence-corrected chi connectivity index (χ1v) is 6.41. The number of carbonyl (C=O) groups excluding carboxylic acids is 1. The van der Waals surface area contributed by atoms with Crippen molar-refractivity contribution in [2.45, 2.75) is 53.4 Å². The predicted octanol–water partition coefficient (Wildman–Crippen LogP) is 3.67. The van der Waals surface area contributed by atoms with E-state index >= 15 is 0 Å². The zero-order valence-electron chi connectivity index (χ0n) is 10.5. The average molecular weight is 208 g/mol. The summed E-state index contributed by atoms with van der Waals surface area (Å²) in [6.45, 7) is 9.32. The van der Waals surface area contributed by atoms with Crippen LogP contribution in [0.2, 0.25) is 0 Å². The van der Waals surface area contributed by atoms with Gasteiger partial charge in [0.25, 0.3) is 0 Å². The van der Waals surface area contributed by atoms with Gasteiger partial charge in [-0.3, -0.25) is 0 Å². The summed E-state index contributed by atoms with van der Waals surface area (Å²) in [5, 5.41) is 0. The minimum absolute atomic E-state index is 0.0606. The minimum Gasteiger partial charge on any atom is -0.303 e. The summed E-state index contributed by atoms with van der Waals surface area (Å²) in [5.74, 6) is 2.38. The molecule has 0 saturated heterocycles. The van der Waals surface area contributed by atoms with E-state index < -0.39 is 0 Å². The second-order valence-corrected chi connectivity index (χ2v) is 6.51. The lowest BCUT2D eigenvalue weighted by atomic mass is 9.51. The Bertz CT molecular complexity index is 273. The van der Waals surface area contributed by atoms with E-state index in [0.717, 1.165) is 24.2 Å². The molecule has 0 unspecified atom stereocenters. The molecular formula is C14H24O. The molecule has 2 saturated carbocycles. The number of carbonyl (C=O) groups is 1. The second-order valence-electron chi connectivity index (χ2n) is 6.51. The lowest BCUT2D eigenvalue weighted by molar-refractivity contribution is -0.132. The molecule has 1 nitrogen and oxygen atoms in total. The Morgan fingerprint density at radius 3 is 2.13 bits per heavy atom. The zero-order valence-corrected chi connectivity index (χ0v) is 10.5. The predicted molar refractivity (Wildman–Crippen MR) is 62.6 cm³/mol. The van der Waals surface area contributed by atoms with Crippen LogP contribution in [0.5, 0.6) is 0 Å². The molecule has 0 aliphatic heterocycles. The van der Waals surface area contributed by atoms with Gasteiger partial charge < -0.3 is 4.79 Å². The van der Waals surface area contributed by atoms with Crippen LogP contribution in [0.4, 0.5) is 0 Å². The van der Waals surface area contributed by atoms with Gasteiger partial charge in [0, 0.05) is 5.41 Å². The fourth-order valence-electron chi connectivity index (χ4n) is 4.54. The van der Waals surface area contributed by atoms with E-state index in [9.17, 15) is 4.79 Å². The van der Waals surface area contributed by atoms with E-state index in [0.29, 0.717) is 0 Å². The van der Waals surface area contributed by atoms with E-state index in [1.54, 1.807) is 0 Å². The third-order valence-corrected chi connectivity index (χ3v) is 5.76. The number of aldehydes is 1. The third kappa shape index (κ3) is 1.31. The molecule has 0 aromatic heterocycles. The van der Waals surface area contributed by atoms with E-state index in [4.69, 9.17) is 0 Å². The van der Waals surface area contributed by atoms with Crippen molar-refractivity contribution in [2.75, 3.05) is 0 Å². The van der Waals surface area contributed by atoms with Crippen molar-refractivity contribution in [1.29, 1.82) is 0 Å². The molecule has 0 aromatic rings. The average Bonchev–Trinajstić information content (AvgIpc) is 2.52. The highest BCUT2D eigenvalue weighted by molar-refractivity contribution is 5.61. The maximum Gasteiger partial charge on any atom is 0.126 e. The molecule has 15 heavy (non-hydrogen) atoms. The maximum absolute atomic E-state index is 11.4. The summed E-state index contributed by atoms with van der Waals surface area (Å²) in [7, 11) is 0. The maximum atomic E-state index is 11.4. The molecule has 0 bridgehead atoms. The highest BCUT2D eigenvalue weighted by Gasteiger charge is 2.58. The van der Waals surface area contributed by atoms with E-state index in [-0.39, 0.29) is 10.8 Å². The molecule has 5 atom stereocenters. The van der Waals surface area contributed by atoms with Crippen LogP contribution in [-0.2, 0) is 4.79 Å². The molecule has 0 N–H and O–H groups in total. The smallest absolute Gasteiger partial charge is 0.126 e. The normalized spacial score (nSPS) is 55.1. The Morgan fingerprint density at radius 1 is 1.07 bits per heavy atom. The van der Waals surface area contributed by atoms with Gasteiger partial charge in [-0.25, -0.2) is 0 Å². The summed E-state index contributed by atoms with van der Waals surface area (Å²) < 4.78 is 0. The fourth-order valence-corrected chi connectivity index (χ4v) is 4.54. The Labute approximate surface area is 93.6 Å². The first kappa shape index (κ1) is 11.2. The molecule has 2 aliphatic rings. The first-order chi connectivity index (χ1) is 6.94. The monoisotopic (exact) mass is 208 g/mol. The fraction of sp³-hybridized carbons (Fsp3) is 0.929. The van der Waals surface area contributed by atoms with Gasteiger partial charge in [0.15, 0.2) is 0 Å². The molecule has 2 fully saturated rings. The van der Waals surface area contributed by atoms with Gasteiger partial charge >= 0.3 is 0 Å². The summed E-state index contributed by atoms with van der Waals surface area (Å²) in [6, 6.07) is 0. The largest absolute Gasteiger partial charge is 0.303 e. The van der Waals surface area contributed by atoms with Crippen LogP contribution in [0.25, 0.3) is 0 Å². The van der Waals surface area contributed by atoms with Gasteiger partial charge in [-0.1, -0.05) is 27.7 Å². The topological polar surface area (TPSA) is 17.1 Å². The summed E-state index contributed by atoms with van der Waals surface area (Å²) >= 11 is 0. The summed E-state index contributed by atoms with van der Waals surface area (Å²) in [5.41, 5.74) is 0.209. The van der Waals surface area contributed by atoms with E-state index in [1.165, 1.54) is 25.5 Å². The van der Waals surface area contributed by atoms with Crippen LogP contribution in [0.1, 0.15) is 53.4 Å². The highest BCUT2D eigenvalue weighted by Crippen LogP contribution is 2.63. The molecule has 2 rings (SSSR count). The molecule has 2 aliphatic carbocycles. The molecule has 86 valence electrons. The van der Waals surface area contributed by atoms with Crippen LogP contribution in [0.3, 0.4) is 0 Å². The minimum atomic E-state index is -0.0606. The van der Waals surface area contributed by atoms with Gasteiger partial charge in [0.2, 0.25) is 0 Å². The summed E-state index contributed by atoms with van der Waals surface area (Å²) in [4.78, 5) is 11.4. The van der Waals surface area contributed by atoms with Gasteiger partial charge in [-0.05, 0) is 48.9 Å². The SMILES string of the molecule is C[C@@H]1CC[C@@](C)(C=O)[C@]2(C)CC[C@@H](C)[C@H]12. The van der Waals surface area contributed by atoms with Crippen LogP contribution in [0.15, 0.2) is 0 Å². The van der Waals surface area contributed by atoms with Crippen LogP contribution >= 0.6 is 0 Å². The molecule has 0 aromatic carbocycles. The van der Waals surface area contributed by atoms with E-state index in [1.807, 2.05) is 0 Å². The quantitative estimate of drug-likeness (QED) is 0.601. The Balaban J connectivity index is 2.40. The number of hydrogen-bond donors (Lipinski definition) is 0. The van der Waals surface area contributed by atoms with Crippen molar-refractivity contribution in [3.63, 3.8) is 0 Å². The number of rotatable bonds is 1. The van der Waals surface area contributed by atoms with Crippen LogP contribution < -0.4 is 0 Å². The number of hydrogen-bond acceptors (Lipinski definition) is 1. The molecule has 0 heterocycles. The Morgan fingerprint density at radius 2 is 1.60 bits per heavy atom. The summed E-state index contributed by atoms with van der Waals surface area (Å²) in [6.07, 6.45) is 6.15. The zero-order chi connectivity index (χ0) is 11.3. The lowest BCUT2D eigenvalue weighted by Crippen LogP contribution is -2.48. The van der Waals surface area contributed by atoms with Crippen molar-refractivity contribution in [1.82, 2.24) is 0 Å². The number of fused-ring (bicyclic) bond motifs is 1. The van der Waals surface area contributed by atoms with Crippen molar-refractivity contribution in [2.24, 2.45) is 28.6 Å². The van der Waals surface area contributed by atoms with Gasteiger partial charge in [0.1, 0.15) is 6.29 Å². The Hall–Kier alpha value is -0.330. The van der Waals surface area contributed by atoms with Crippen molar-refractivity contribution in [3.05, 3.63) is 0 Å². The third-order valence-electron chi connectivity index (χ3n) is 5.76. The molecule has 0 spiro atoms.